The summed E-state index contributed by atoms with van der Waals surface area (Å²) in [6, 6.07) is 17.9. The molecule has 2 rings (SSSR count). The van der Waals surface area contributed by atoms with E-state index in [0.29, 0.717) is 0 Å². The number of hydrogen-bond acceptors (Lipinski definition) is 0. The van der Waals surface area contributed by atoms with E-state index in [2.05, 4.69) is 12.1 Å². The maximum absolute atomic E-state index is 10.6. The van der Waals surface area contributed by atoms with Gasteiger partial charge in [-0.05, 0) is 16.7 Å². The summed E-state index contributed by atoms with van der Waals surface area (Å²) in [7, 11) is 0. The molecule has 1 nitrogen and oxygen atoms in total. The Balaban J connectivity index is 2.34. The van der Waals surface area contributed by atoms with Gasteiger partial charge in [-0.25, -0.2) is 5.11 Å². The Labute approximate surface area is 83.6 Å². The highest BCUT2D eigenvalue weighted by molar-refractivity contribution is 5.63. The third-order valence-corrected chi connectivity index (χ3v) is 2.23. The highest BCUT2D eigenvalue weighted by Gasteiger charge is 1.96. The van der Waals surface area contributed by atoms with Gasteiger partial charge >= 0.3 is 0 Å². The van der Waals surface area contributed by atoms with Crippen molar-refractivity contribution < 1.29 is 5.11 Å². The van der Waals surface area contributed by atoms with Crippen LogP contribution in [-0.4, -0.2) is 0 Å². The van der Waals surface area contributed by atoms with E-state index in [0.717, 1.165) is 11.1 Å². The SMILES string of the molecule is [O]Cc1ccc(-c2ccccc2)cc1. The second-order valence-electron chi connectivity index (χ2n) is 3.21. The molecule has 0 amide bonds. The topological polar surface area (TPSA) is 19.9 Å². The molecular weight excluding hydrogens is 172 g/mol. The number of hydrogen-bond donors (Lipinski definition) is 0. The van der Waals surface area contributed by atoms with E-state index >= 15 is 0 Å². The van der Waals surface area contributed by atoms with Gasteiger partial charge in [-0.3, -0.25) is 0 Å². The molecule has 0 saturated heterocycles. The fourth-order valence-corrected chi connectivity index (χ4v) is 1.42. The molecule has 1 radical (unpaired) electrons. The van der Waals surface area contributed by atoms with Crippen LogP contribution >= 0.6 is 0 Å². The molecule has 69 valence electrons. The van der Waals surface area contributed by atoms with E-state index in [9.17, 15) is 5.11 Å². The van der Waals surface area contributed by atoms with Crippen molar-refractivity contribution >= 4 is 0 Å². The average Bonchev–Trinajstić information content (AvgIpc) is 2.30. The van der Waals surface area contributed by atoms with Crippen molar-refractivity contribution in [3.05, 3.63) is 60.2 Å². The van der Waals surface area contributed by atoms with Gasteiger partial charge in [0, 0.05) is 0 Å². The second kappa shape index (κ2) is 4.07. The minimum Gasteiger partial charge on any atom is -0.232 e. The van der Waals surface area contributed by atoms with Crippen LogP contribution in [0.4, 0.5) is 0 Å². The lowest BCUT2D eigenvalue weighted by Crippen LogP contribution is -1.81. The van der Waals surface area contributed by atoms with Gasteiger partial charge in [0.05, 0.1) is 0 Å². The summed E-state index contributed by atoms with van der Waals surface area (Å²) < 4.78 is 0. The number of rotatable bonds is 2. The lowest BCUT2D eigenvalue weighted by atomic mass is 10.0. The van der Waals surface area contributed by atoms with E-state index in [1.165, 1.54) is 5.56 Å². The summed E-state index contributed by atoms with van der Waals surface area (Å²) in [6.07, 6.45) is 0. The van der Waals surface area contributed by atoms with Crippen molar-refractivity contribution in [3.8, 4) is 11.1 Å². The molecule has 0 saturated carbocycles. The summed E-state index contributed by atoms with van der Waals surface area (Å²) in [5.41, 5.74) is 3.18. The summed E-state index contributed by atoms with van der Waals surface area (Å²) in [5, 5.41) is 10.6. The second-order valence-corrected chi connectivity index (χ2v) is 3.21. The van der Waals surface area contributed by atoms with Crippen LogP contribution < -0.4 is 0 Å². The molecule has 0 aliphatic rings. The minimum atomic E-state index is -0.144. The van der Waals surface area contributed by atoms with E-state index in [-0.39, 0.29) is 6.61 Å². The van der Waals surface area contributed by atoms with Crippen molar-refractivity contribution in [2.45, 2.75) is 6.61 Å². The molecule has 0 heterocycles. The van der Waals surface area contributed by atoms with E-state index in [4.69, 9.17) is 0 Å². The molecule has 0 aliphatic heterocycles. The first-order chi connectivity index (χ1) is 6.90. The molecule has 2 aromatic carbocycles. The molecule has 0 aliphatic carbocycles. The van der Waals surface area contributed by atoms with Gasteiger partial charge < -0.3 is 0 Å². The summed E-state index contributed by atoms with van der Waals surface area (Å²) in [4.78, 5) is 0. The summed E-state index contributed by atoms with van der Waals surface area (Å²) in [6.45, 7) is -0.144. The van der Waals surface area contributed by atoms with Crippen LogP contribution in [0.3, 0.4) is 0 Å². The first-order valence-corrected chi connectivity index (χ1v) is 4.62. The van der Waals surface area contributed by atoms with Gasteiger partial charge in [-0.1, -0.05) is 54.6 Å². The fourth-order valence-electron chi connectivity index (χ4n) is 1.42. The lowest BCUT2D eigenvalue weighted by molar-refractivity contribution is 0.177. The third kappa shape index (κ3) is 1.83. The predicted molar refractivity (Wildman–Crippen MR) is 56.3 cm³/mol. The minimum absolute atomic E-state index is 0.144. The van der Waals surface area contributed by atoms with Crippen molar-refractivity contribution in [1.29, 1.82) is 0 Å². The van der Waals surface area contributed by atoms with Crippen LogP contribution in [0.1, 0.15) is 5.56 Å². The Morgan fingerprint density at radius 2 is 1.29 bits per heavy atom. The average molecular weight is 183 g/mol. The van der Waals surface area contributed by atoms with Crippen molar-refractivity contribution in [2.75, 3.05) is 0 Å². The Hall–Kier alpha value is -1.60. The molecule has 14 heavy (non-hydrogen) atoms. The van der Waals surface area contributed by atoms with Gasteiger partial charge in [-0.2, -0.15) is 0 Å². The monoisotopic (exact) mass is 183 g/mol. The zero-order chi connectivity index (χ0) is 9.80. The smallest absolute Gasteiger partial charge is 0.107 e. The van der Waals surface area contributed by atoms with Gasteiger partial charge in [0.25, 0.3) is 0 Å². The van der Waals surface area contributed by atoms with E-state index < -0.39 is 0 Å². The van der Waals surface area contributed by atoms with Crippen LogP contribution in [0, 0.1) is 0 Å². The maximum atomic E-state index is 10.6. The predicted octanol–water partition coefficient (Wildman–Crippen LogP) is 3.28. The molecule has 1 heteroatoms. The van der Waals surface area contributed by atoms with Crippen LogP contribution in [0.2, 0.25) is 0 Å². The molecular formula is C13H11O. The Kier molecular flexibility index (Phi) is 2.61. The fraction of sp³-hybridized carbons (Fsp3) is 0.0769. The maximum Gasteiger partial charge on any atom is 0.107 e. The molecule has 0 aromatic heterocycles. The van der Waals surface area contributed by atoms with Crippen molar-refractivity contribution in [2.24, 2.45) is 0 Å². The quantitative estimate of drug-likeness (QED) is 0.681. The summed E-state index contributed by atoms with van der Waals surface area (Å²) in [5.74, 6) is 0. The normalized spacial score (nSPS) is 10.1. The van der Waals surface area contributed by atoms with Gasteiger partial charge in [-0.15, -0.1) is 0 Å². The zero-order valence-corrected chi connectivity index (χ0v) is 7.81. The van der Waals surface area contributed by atoms with Gasteiger partial charge in [0.1, 0.15) is 6.61 Å². The largest absolute Gasteiger partial charge is 0.232 e. The molecule has 0 fully saturated rings. The Bertz CT molecular complexity index is 389. The molecule has 0 N–H and O–H groups in total. The number of benzene rings is 2. The van der Waals surface area contributed by atoms with E-state index in [1.807, 2.05) is 42.5 Å². The first-order valence-electron chi connectivity index (χ1n) is 4.62. The van der Waals surface area contributed by atoms with Crippen molar-refractivity contribution in [1.82, 2.24) is 0 Å². The van der Waals surface area contributed by atoms with Crippen LogP contribution in [-0.2, 0) is 11.7 Å². The van der Waals surface area contributed by atoms with Gasteiger partial charge in [0.15, 0.2) is 0 Å². The van der Waals surface area contributed by atoms with Crippen LogP contribution in [0.5, 0.6) is 0 Å². The zero-order valence-electron chi connectivity index (χ0n) is 7.81. The Morgan fingerprint density at radius 3 is 1.86 bits per heavy atom. The van der Waals surface area contributed by atoms with E-state index in [1.54, 1.807) is 0 Å². The first kappa shape index (κ1) is 8.97. The lowest BCUT2D eigenvalue weighted by Gasteiger charge is -2.01. The van der Waals surface area contributed by atoms with Crippen LogP contribution in [0.15, 0.2) is 54.6 Å². The highest BCUT2D eigenvalue weighted by Crippen LogP contribution is 2.18. The molecule has 0 unspecified atom stereocenters. The molecule has 0 atom stereocenters. The molecule has 0 bridgehead atoms. The molecule has 2 aromatic rings. The van der Waals surface area contributed by atoms with Crippen molar-refractivity contribution in [3.63, 3.8) is 0 Å². The van der Waals surface area contributed by atoms with Gasteiger partial charge in [0.2, 0.25) is 0 Å². The third-order valence-electron chi connectivity index (χ3n) is 2.23. The highest BCUT2D eigenvalue weighted by atomic mass is 16.3. The Morgan fingerprint density at radius 1 is 0.714 bits per heavy atom. The summed E-state index contributed by atoms with van der Waals surface area (Å²) >= 11 is 0. The molecule has 0 spiro atoms. The standard InChI is InChI=1S/C13H11O/c14-10-11-6-8-13(9-7-11)12-4-2-1-3-5-12/h1-9H,10H2. The van der Waals surface area contributed by atoms with Crippen LogP contribution in [0.25, 0.3) is 11.1 Å².